The first-order valence-corrected chi connectivity index (χ1v) is 8.41. The monoisotopic (exact) mass is 345 g/mol. The first-order chi connectivity index (χ1) is 11.8. The van der Waals surface area contributed by atoms with Crippen LogP contribution in [0.1, 0.15) is 32.9 Å². The van der Waals surface area contributed by atoms with Crippen LogP contribution in [-0.4, -0.2) is 28.3 Å². The van der Waals surface area contributed by atoms with Crippen LogP contribution < -0.4 is 10.6 Å². The maximum Gasteiger partial charge on any atom is 0.315 e. The number of nitrogens with one attached hydrogen (secondary N) is 2. The fourth-order valence-corrected chi connectivity index (χ4v) is 3.81. The molecule has 1 aromatic carbocycles. The van der Waals surface area contributed by atoms with Crippen LogP contribution in [0.5, 0.6) is 0 Å². The van der Waals surface area contributed by atoms with Crippen molar-refractivity contribution in [2.75, 3.05) is 0 Å². The quantitative estimate of drug-likeness (QED) is 0.773. The minimum Gasteiger partial charge on any atom is -0.481 e. The summed E-state index contributed by atoms with van der Waals surface area (Å²) in [6.07, 6.45) is 0.581. The van der Waals surface area contributed by atoms with Crippen molar-refractivity contribution in [2.45, 2.75) is 39.8 Å². The van der Waals surface area contributed by atoms with E-state index in [0.717, 1.165) is 5.39 Å². The molecule has 1 aliphatic rings. The normalized spacial score (nSPS) is 22.8. The lowest BCUT2D eigenvalue weighted by Gasteiger charge is -2.52. The second kappa shape index (κ2) is 6.38. The SMILES string of the molecule is CC(NC(=O)NCc1noc2ccccc12)[C@@H]1C[C@H](C(=O)O)C1(C)C. The van der Waals surface area contributed by atoms with Crippen LogP contribution in [0.25, 0.3) is 11.0 Å². The molecule has 1 aromatic heterocycles. The molecule has 3 atom stereocenters. The maximum atomic E-state index is 12.2. The fourth-order valence-electron chi connectivity index (χ4n) is 3.81. The summed E-state index contributed by atoms with van der Waals surface area (Å²) in [6, 6.07) is 7.07. The first kappa shape index (κ1) is 17.3. The van der Waals surface area contributed by atoms with Gasteiger partial charge >= 0.3 is 12.0 Å². The molecule has 0 radical (unpaired) electrons. The van der Waals surface area contributed by atoms with Gasteiger partial charge in [-0.05, 0) is 36.8 Å². The Morgan fingerprint density at radius 2 is 2.12 bits per heavy atom. The van der Waals surface area contributed by atoms with E-state index in [1.807, 2.05) is 45.0 Å². The molecule has 2 aromatic rings. The first-order valence-electron chi connectivity index (χ1n) is 8.41. The van der Waals surface area contributed by atoms with Crippen molar-refractivity contribution in [3.05, 3.63) is 30.0 Å². The Hall–Kier alpha value is -2.57. The summed E-state index contributed by atoms with van der Waals surface area (Å²) in [7, 11) is 0. The number of carbonyl (C=O) groups excluding carboxylic acids is 1. The van der Waals surface area contributed by atoms with E-state index in [-0.39, 0.29) is 35.9 Å². The van der Waals surface area contributed by atoms with Gasteiger partial charge in [0, 0.05) is 11.4 Å². The molecule has 134 valence electrons. The van der Waals surface area contributed by atoms with Crippen molar-refractivity contribution < 1.29 is 19.2 Å². The van der Waals surface area contributed by atoms with Crippen LogP contribution in [0, 0.1) is 17.3 Å². The van der Waals surface area contributed by atoms with Gasteiger partial charge in [0.1, 0.15) is 5.69 Å². The van der Waals surface area contributed by atoms with E-state index in [4.69, 9.17) is 4.52 Å². The fraction of sp³-hybridized carbons (Fsp3) is 0.500. The van der Waals surface area contributed by atoms with Crippen molar-refractivity contribution in [1.29, 1.82) is 0 Å². The zero-order valence-corrected chi connectivity index (χ0v) is 14.6. The summed E-state index contributed by atoms with van der Waals surface area (Å²) in [6.45, 7) is 6.06. The minimum absolute atomic E-state index is 0.111. The molecule has 1 aliphatic carbocycles. The Balaban J connectivity index is 1.54. The minimum atomic E-state index is -0.768. The second-order valence-electron chi connectivity index (χ2n) is 7.30. The number of amides is 2. The number of rotatable bonds is 5. The van der Waals surface area contributed by atoms with Gasteiger partial charge in [-0.15, -0.1) is 0 Å². The van der Waals surface area contributed by atoms with Crippen molar-refractivity contribution in [3.63, 3.8) is 0 Å². The van der Waals surface area contributed by atoms with Crippen LogP contribution in [-0.2, 0) is 11.3 Å². The number of hydrogen-bond donors (Lipinski definition) is 3. The van der Waals surface area contributed by atoms with Crippen LogP contribution >= 0.6 is 0 Å². The number of hydrogen-bond acceptors (Lipinski definition) is 4. The highest BCUT2D eigenvalue weighted by molar-refractivity contribution is 5.80. The highest BCUT2D eigenvalue weighted by Crippen LogP contribution is 2.52. The third-order valence-corrected chi connectivity index (χ3v) is 5.47. The molecule has 2 amide bonds. The Morgan fingerprint density at radius 1 is 1.40 bits per heavy atom. The Kier molecular flexibility index (Phi) is 4.41. The summed E-state index contributed by atoms with van der Waals surface area (Å²) in [4.78, 5) is 23.4. The molecule has 1 heterocycles. The van der Waals surface area contributed by atoms with Gasteiger partial charge in [0.15, 0.2) is 5.58 Å². The zero-order valence-electron chi connectivity index (χ0n) is 14.6. The van der Waals surface area contributed by atoms with Gasteiger partial charge in [-0.1, -0.05) is 31.1 Å². The van der Waals surface area contributed by atoms with Gasteiger partial charge in [0.25, 0.3) is 0 Å². The summed E-state index contributed by atoms with van der Waals surface area (Å²) in [5, 5.41) is 19.8. The third-order valence-electron chi connectivity index (χ3n) is 5.47. The molecule has 1 saturated carbocycles. The maximum absolute atomic E-state index is 12.2. The van der Waals surface area contributed by atoms with Crippen molar-refractivity contribution >= 4 is 23.0 Å². The van der Waals surface area contributed by atoms with E-state index in [9.17, 15) is 14.7 Å². The predicted octanol–water partition coefficient (Wildman–Crippen LogP) is 2.76. The summed E-state index contributed by atoms with van der Waals surface area (Å²) >= 11 is 0. The van der Waals surface area contributed by atoms with Crippen molar-refractivity contribution in [3.8, 4) is 0 Å². The van der Waals surface area contributed by atoms with Crippen LogP contribution in [0.2, 0.25) is 0 Å². The standard InChI is InChI=1S/C18H23N3O4/c1-10(12-8-13(16(22)23)18(12,2)3)20-17(24)19-9-14-11-6-4-5-7-15(11)25-21-14/h4-7,10,12-13H,8-9H2,1-3H3,(H,22,23)(H2,19,20,24)/t10?,12-,13+/m0/s1. The number of nitrogens with zero attached hydrogens (tertiary/aromatic N) is 1. The van der Waals surface area contributed by atoms with Crippen molar-refractivity contribution in [1.82, 2.24) is 15.8 Å². The molecule has 25 heavy (non-hydrogen) atoms. The average molecular weight is 345 g/mol. The number of aliphatic carboxylic acids is 1. The number of urea groups is 1. The number of aromatic nitrogens is 1. The molecule has 1 unspecified atom stereocenters. The second-order valence-corrected chi connectivity index (χ2v) is 7.30. The molecule has 0 bridgehead atoms. The van der Waals surface area contributed by atoms with Gasteiger partial charge < -0.3 is 20.3 Å². The van der Waals surface area contributed by atoms with Crippen molar-refractivity contribution in [2.24, 2.45) is 17.3 Å². The third kappa shape index (κ3) is 3.18. The molecular weight excluding hydrogens is 322 g/mol. The molecule has 1 fully saturated rings. The van der Waals surface area contributed by atoms with Gasteiger partial charge in [0.05, 0.1) is 12.5 Å². The molecule has 3 rings (SSSR count). The molecule has 7 nitrogen and oxygen atoms in total. The van der Waals surface area contributed by atoms with Crippen LogP contribution in [0.4, 0.5) is 4.79 Å². The molecule has 0 aliphatic heterocycles. The van der Waals surface area contributed by atoms with E-state index in [0.29, 0.717) is 17.7 Å². The number of fused-ring (bicyclic) bond motifs is 1. The largest absolute Gasteiger partial charge is 0.481 e. The van der Waals surface area contributed by atoms with Gasteiger partial charge in [-0.25, -0.2) is 4.79 Å². The van der Waals surface area contributed by atoms with E-state index < -0.39 is 5.97 Å². The lowest BCUT2D eigenvalue weighted by atomic mass is 9.53. The molecule has 0 saturated heterocycles. The number of carbonyl (C=O) groups is 2. The topological polar surface area (TPSA) is 104 Å². The van der Waals surface area contributed by atoms with E-state index in [1.54, 1.807) is 0 Å². The highest BCUT2D eigenvalue weighted by Gasteiger charge is 2.53. The predicted molar refractivity (Wildman–Crippen MR) is 91.9 cm³/mol. The van der Waals surface area contributed by atoms with Crippen LogP contribution in [0.3, 0.4) is 0 Å². The Bertz CT molecular complexity index is 798. The highest BCUT2D eigenvalue weighted by atomic mass is 16.5. The van der Waals surface area contributed by atoms with E-state index in [2.05, 4.69) is 15.8 Å². The van der Waals surface area contributed by atoms with Gasteiger partial charge in [-0.2, -0.15) is 0 Å². The number of carboxylic acid groups (broad SMARTS) is 1. The smallest absolute Gasteiger partial charge is 0.315 e. The molecular formula is C18H23N3O4. The summed E-state index contributed by atoms with van der Waals surface area (Å²) in [5.41, 5.74) is 1.03. The Labute approximate surface area is 145 Å². The summed E-state index contributed by atoms with van der Waals surface area (Å²) in [5.74, 6) is -0.991. The number of benzene rings is 1. The lowest BCUT2D eigenvalue weighted by Crippen LogP contribution is -2.57. The molecule has 7 heteroatoms. The molecule has 3 N–H and O–H groups in total. The number of carboxylic acids is 1. The molecule has 0 spiro atoms. The number of para-hydroxylation sites is 1. The summed E-state index contributed by atoms with van der Waals surface area (Å²) < 4.78 is 5.21. The van der Waals surface area contributed by atoms with Gasteiger partial charge in [-0.3, -0.25) is 4.79 Å². The zero-order chi connectivity index (χ0) is 18.2. The lowest BCUT2D eigenvalue weighted by molar-refractivity contribution is -0.160. The Morgan fingerprint density at radius 3 is 2.80 bits per heavy atom. The average Bonchev–Trinajstić information content (AvgIpc) is 2.94. The van der Waals surface area contributed by atoms with E-state index >= 15 is 0 Å². The van der Waals surface area contributed by atoms with E-state index in [1.165, 1.54) is 0 Å². The van der Waals surface area contributed by atoms with Crippen LogP contribution in [0.15, 0.2) is 28.8 Å². The van der Waals surface area contributed by atoms with Gasteiger partial charge in [0.2, 0.25) is 0 Å².